The predicted octanol–water partition coefficient (Wildman–Crippen LogP) is 2.93. The maximum Gasteiger partial charge on any atom is 0.115 e. The van der Waals surface area contributed by atoms with E-state index >= 15 is 0 Å². The summed E-state index contributed by atoms with van der Waals surface area (Å²) in [5.41, 5.74) is 0. The first kappa shape index (κ1) is 29.8. The number of rotatable bonds is 20. The Morgan fingerprint density at radius 1 is 0.656 bits per heavy atom. The van der Waals surface area contributed by atoms with Gasteiger partial charge in [0.25, 0.3) is 0 Å². The Morgan fingerprint density at radius 2 is 1.16 bits per heavy atom. The molecule has 5 N–H and O–H groups in total. The highest BCUT2D eigenvalue weighted by Gasteiger charge is 2.49. The summed E-state index contributed by atoms with van der Waals surface area (Å²) in [6, 6.07) is 0. The highest BCUT2D eigenvalue weighted by atomic mass is 16.5. The minimum Gasteiger partial charge on any atom is -0.388 e. The van der Waals surface area contributed by atoms with Crippen molar-refractivity contribution in [2.45, 2.75) is 134 Å². The lowest BCUT2D eigenvalue weighted by molar-refractivity contribution is -0.113. The van der Waals surface area contributed by atoms with Crippen LogP contribution in [-0.4, -0.2) is 82.0 Å². The van der Waals surface area contributed by atoms with Gasteiger partial charge in [-0.05, 0) is 12.3 Å². The molecule has 0 amide bonds. The first-order valence-electron chi connectivity index (χ1n) is 13.0. The molecule has 0 radical (unpaired) electrons. The van der Waals surface area contributed by atoms with E-state index in [1.165, 1.54) is 70.6 Å². The maximum absolute atomic E-state index is 9.91. The van der Waals surface area contributed by atoms with Crippen LogP contribution in [0.2, 0.25) is 0 Å². The van der Waals surface area contributed by atoms with Gasteiger partial charge >= 0.3 is 0 Å². The first-order chi connectivity index (χ1) is 15.4. The molecule has 192 valence electrons. The third-order valence-electron chi connectivity index (χ3n) is 6.55. The van der Waals surface area contributed by atoms with Gasteiger partial charge in [0.05, 0.1) is 13.2 Å². The van der Waals surface area contributed by atoms with Gasteiger partial charge in [0.15, 0.2) is 0 Å². The minimum atomic E-state index is -1.45. The summed E-state index contributed by atoms with van der Waals surface area (Å²) in [4.78, 5) is 0. The summed E-state index contributed by atoms with van der Waals surface area (Å²) in [6.45, 7) is 5.21. The van der Waals surface area contributed by atoms with Gasteiger partial charge in [-0.25, -0.2) is 0 Å². The molecule has 6 atom stereocenters. The molecule has 7 nitrogen and oxygen atoms in total. The fourth-order valence-electron chi connectivity index (χ4n) is 4.33. The summed E-state index contributed by atoms with van der Waals surface area (Å²) in [7, 11) is 0. The van der Waals surface area contributed by atoms with Gasteiger partial charge in [-0.15, -0.1) is 0 Å². The average Bonchev–Trinajstić information content (AvgIpc) is 2.96. The average molecular weight is 463 g/mol. The molecule has 1 rings (SSSR count). The van der Waals surface area contributed by atoms with E-state index in [2.05, 4.69) is 13.8 Å². The molecule has 6 unspecified atom stereocenters. The van der Waals surface area contributed by atoms with E-state index < -0.39 is 36.6 Å². The number of aliphatic hydroxyl groups is 5. The lowest BCUT2D eigenvalue weighted by atomic mass is 9.96. The predicted molar refractivity (Wildman–Crippen MR) is 125 cm³/mol. The van der Waals surface area contributed by atoms with Crippen molar-refractivity contribution in [3.8, 4) is 0 Å². The van der Waals surface area contributed by atoms with Crippen molar-refractivity contribution in [3.05, 3.63) is 0 Å². The molecule has 0 spiro atoms. The lowest BCUT2D eigenvalue weighted by Gasteiger charge is -2.21. The van der Waals surface area contributed by atoms with Gasteiger partial charge < -0.3 is 35.0 Å². The Labute approximate surface area is 195 Å². The zero-order chi connectivity index (χ0) is 23.8. The molecule has 7 heteroatoms. The smallest absolute Gasteiger partial charge is 0.115 e. The summed E-state index contributed by atoms with van der Waals surface area (Å²) in [5, 5.41) is 48.4. The van der Waals surface area contributed by atoms with Crippen molar-refractivity contribution in [1.82, 2.24) is 0 Å². The van der Waals surface area contributed by atoms with E-state index in [9.17, 15) is 25.5 Å². The lowest BCUT2D eigenvalue weighted by Crippen LogP contribution is -2.38. The Morgan fingerprint density at radius 3 is 1.72 bits per heavy atom. The van der Waals surface area contributed by atoms with Crippen LogP contribution in [-0.2, 0) is 9.47 Å². The molecule has 32 heavy (non-hydrogen) atoms. The molecule has 0 aromatic heterocycles. The van der Waals surface area contributed by atoms with Crippen LogP contribution in [0.3, 0.4) is 0 Å². The number of aliphatic hydroxyl groups excluding tert-OH is 5. The Kier molecular flexibility index (Phi) is 16.8. The Hall–Kier alpha value is -0.280. The molecule has 1 aliphatic carbocycles. The molecule has 0 heterocycles. The molecule has 1 aliphatic rings. The monoisotopic (exact) mass is 462 g/mol. The topological polar surface area (TPSA) is 120 Å². The van der Waals surface area contributed by atoms with E-state index in [0.717, 1.165) is 18.8 Å². The van der Waals surface area contributed by atoms with Crippen LogP contribution in [0.4, 0.5) is 0 Å². The molecule has 0 bridgehead atoms. The van der Waals surface area contributed by atoms with Crippen LogP contribution in [0, 0.1) is 5.92 Å². The highest BCUT2D eigenvalue weighted by Crippen LogP contribution is 2.24. The third-order valence-corrected chi connectivity index (χ3v) is 6.55. The largest absolute Gasteiger partial charge is 0.388 e. The molecule has 1 saturated carbocycles. The van der Waals surface area contributed by atoms with E-state index in [1.807, 2.05) is 0 Å². The van der Waals surface area contributed by atoms with Crippen LogP contribution >= 0.6 is 0 Å². The van der Waals surface area contributed by atoms with Gasteiger partial charge in [-0.2, -0.15) is 0 Å². The summed E-state index contributed by atoms with van der Waals surface area (Å²) < 4.78 is 10.7. The fraction of sp³-hybridized carbons (Fsp3) is 1.00. The normalized spacial score (nSPS) is 27.7. The number of hydrogen-bond acceptors (Lipinski definition) is 7. The van der Waals surface area contributed by atoms with E-state index in [1.54, 1.807) is 0 Å². The van der Waals surface area contributed by atoms with Crippen molar-refractivity contribution in [2.75, 3.05) is 19.8 Å². The van der Waals surface area contributed by atoms with Crippen molar-refractivity contribution in [1.29, 1.82) is 0 Å². The van der Waals surface area contributed by atoms with Gasteiger partial charge in [-0.1, -0.05) is 90.9 Å². The molecule has 0 saturated heterocycles. The summed E-state index contributed by atoms with van der Waals surface area (Å²) >= 11 is 0. The SMILES string of the molecule is CCCCCCC(C)CCCCCCCCCOCC(O)COC1C(O)C(O)C(O)C1O. The third kappa shape index (κ3) is 12.3. The van der Waals surface area contributed by atoms with Gasteiger partial charge in [0.2, 0.25) is 0 Å². The standard InChI is InChI=1S/C25H50O7/c1-3-4-5-11-14-19(2)15-12-9-7-6-8-10-13-16-31-17-20(26)18-32-25-23(29)21(27)22(28)24(25)30/h19-30H,3-18H2,1-2H3. The van der Waals surface area contributed by atoms with Crippen molar-refractivity contribution in [2.24, 2.45) is 5.92 Å². The van der Waals surface area contributed by atoms with Gasteiger partial charge in [0.1, 0.15) is 36.6 Å². The molecule has 0 aromatic rings. The number of unbranched alkanes of at least 4 members (excludes halogenated alkanes) is 9. The Balaban J connectivity index is 1.87. The molecular weight excluding hydrogens is 412 g/mol. The zero-order valence-corrected chi connectivity index (χ0v) is 20.4. The molecular formula is C25H50O7. The Bertz CT molecular complexity index is 423. The second kappa shape index (κ2) is 18.1. The maximum atomic E-state index is 9.91. The molecule has 0 aromatic carbocycles. The quantitative estimate of drug-likeness (QED) is 0.176. The first-order valence-corrected chi connectivity index (χ1v) is 13.0. The number of hydrogen-bond donors (Lipinski definition) is 5. The molecule has 1 fully saturated rings. The van der Waals surface area contributed by atoms with Gasteiger partial charge in [0, 0.05) is 6.61 Å². The van der Waals surface area contributed by atoms with Crippen molar-refractivity contribution in [3.63, 3.8) is 0 Å². The van der Waals surface area contributed by atoms with Crippen LogP contribution in [0.25, 0.3) is 0 Å². The van der Waals surface area contributed by atoms with E-state index in [4.69, 9.17) is 9.47 Å². The minimum absolute atomic E-state index is 0.112. The van der Waals surface area contributed by atoms with Crippen LogP contribution in [0.15, 0.2) is 0 Å². The van der Waals surface area contributed by atoms with Crippen molar-refractivity contribution < 1.29 is 35.0 Å². The van der Waals surface area contributed by atoms with Crippen molar-refractivity contribution >= 4 is 0 Å². The van der Waals surface area contributed by atoms with E-state index in [0.29, 0.717) is 6.61 Å². The molecule has 0 aliphatic heterocycles. The van der Waals surface area contributed by atoms with E-state index in [-0.39, 0.29) is 13.2 Å². The second-order valence-electron chi connectivity index (χ2n) is 9.71. The second-order valence-corrected chi connectivity index (χ2v) is 9.71. The summed E-state index contributed by atoms with van der Waals surface area (Å²) in [6.07, 6.45) is 9.10. The number of ether oxygens (including phenoxy) is 2. The fourth-order valence-corrected chi connectivity index (χ4v) is 4.33. The van der Waals surface area contributed by atoms with Crippen LogP contribution in [0.1, 0.15) is 97.3 Å². The zero-order valence-electron chi connectivity index (χ0n) is 20.4. The van der Waals surface area contributed by atoms with Crippen LogP contribution < -0.4 is 0 Å². The van der Waals surface area contributed by atoms with Gasteiger partial charge in [-0.3, -0.25) is 0 Å². The summed E-state index contributed by atoms with van der Waals surface area (Å²) in [5.74, 6) is 0.872. The van der Waals surface area contributed by atoms with Crippen LogP contribution in [0.5, 0.6) is 0 Å². The highest BCUT2D eigenvalue weighted by molar-refractivity contribution is 4.99.